The number of benzene rings is 2. The van der Waals surface area contributed by atoms with Crippen LogP contribution in [0.25, 0.3) is 21.9 Å². The zero-order valence-corrected chi connectivity index (χ0v) is 16.8. The number of aromatic nitrogens is 3. The molecule has 0 amide bonds. The maximum Gasteiger partial charge on any atom is 0.152 e. The summed E-state index contributed by atoms with van der Waals surface area (Å²) in [7, 11) is 0. The first-order valence-corrected chi connectivity index (χ1v) is 9.84. The van der Waals surface area contributed by atoms with Crippen molar-refractivity contribution in [3.63, 3.8) is 0 Å². The smallest absolute Gasteiger partial charge is 0.152 e. The van der Waals surface area contributed by atoms with E-state index in [2.05, 4.69) is 25.8 Å². The molecular formula is C23H25N5O. The molecule has 0 bridgehead atoms. The van der Waals surface area contributed by atoms with Gasteiger partial charge in [0, 0.05) is 11.9 Å². The Bertz CT molecular complexity index is 1160. The highest BCUT2D eigenvalue weighted by Gasteiger charge is 2.14. The molecule has 6 heteroatoms. The molecule has 6 nitrogen and oxygen atoms in total. The lowest BCUT2D eigenvalue weighted by Crippen LogP contribution is -2.04. The minimum Gasteiger partial charge on any atom is -0.391 e. The summed E-state index contributed by atoms with van der Waals surface area (Å²) in [6, 6.07) is 18.1. The molecule has 4 rings (SSSR count). The van der Waals surface area contributed by atoms with E-state index in [1.165, 1.54) is 0 Å². The van der Waals surface area contributed by atoms with Crippen molar-refractivity contribution in [2.45, 2.75) is 39.8 Å². The molecule has 0 fully saturated rings. The predicted octanol–water partition coefficient (Wildman–Crippen LogP) is 4.85. The summed E-state index contributed by atoms with van der Waals surface area (Å²) in [4.78, 5) is 14.6. The second-order valence-corrected chi connectivity index (χ2v) is 7.21. The largest absolute Gasteiger partial charge is 0.391 e. The van der Waals surface area contributed by atoms with E-state index in [9.17, 15) is 0 Å². The van der Waals surface area contributed by atoms with Crippen molar-refractivity contribution < 1.29 is 4.84 Å². The number of nitrogens with two attached hydrogens (primary N) is 1. The van der Waals surface area contributed by atoms with Gasteiger partial charge in [-0.25, -0.2) is 9.97 Å². The van der Waals surface area contributed by atoms with Gasteiger partial charge in [-0.15, -0.1) is 0 Å². The fourth-order valence-electron chi connectivity index (χ4n) is 3.57. The lowest BCUT2D eigenvalue weighted by Gasteiger charge is -2.09. The van der Waals surface area contributed by atoms with Crippen LogP contribution < -0.4 is 5.73 Å². The van der Waals surface area contributed by atoms with Crippen LogP contribution >= 0.6 is 0 Å². The summed E-state index contributed by atoms with van der Waals surface area (Å²) in [6.45, 7) is 5.34. The Morgan fingerprint density at radius 3 is 2.66 bits per heavy atom. The van der Waals surface area contributed by atoms with Crippen LogP contribution in [0.3, 0.4) is 0 Å². The zero-order valence-electron chi connectivity index (χ0n) is 16.8. The molecule has 0 aliphatic heterocycles. The van der Waals surface area contributed by atoms with Gasteiger partial charge in [-0.2, -0.15) is 0 Å². The topological polar surface area (TPSA) is 78.3 Å². The van der Waals surface area contributed by atoms with Crippen LogP contribution in [0.5, 0.6) is 0 Å². The van der Waals surface area contributed by atoms with E-state index in [0.29, 0.717) is 12.4 Å². The summed E-state index contributed by atoms with van der Waals surface area (Å²) in [5, 5.41) is 5.33. The number of oxime groups is 1. The first-order valence-electron chi connectivity index (χ1n) is 9.84. The second-order valence-electron chi connectivity index (χ2n) is 7.21. The van der Waals surface area contributed by atoms with Crippen molar-refractivity contribution in [1.82, 2.24) is 14.5 Å². The van der Waals surface area contributed by atoms with E-state index in [0.717, 1.165) is 58.4 Å². The monoisotopic (exact) mass is 387 g/mol. The number of para-hydroxylation sites is 1. The third-order valence-corrected chi connectivity index (χ3v) is 5.02. The Labute approximate surface area is 170 Å². The van der Waals surface area contributed by atoms with Crippen LogP contribution in [0.15, 0.2) is 59.8 Å². The molecule has 0 unspecified atom stereocenters. The summed E-state index contributed by atoms with van der Waals surface area (Å²) in [5.41, 5.74) is 11.0. The van der Waals surface area contributed by atoms with Crippen LogP contribution in [0, 0.1) is 6.92 Å². The molecule has 0 aliphatic carbocycles. The zero-order chi connectivity index (χ0) is 20.2. The van der Waals surface area contributed by atoms with Crippen molar-refractivity contribution in [2.24, 2.45) is 5.16 Å². The van der Waals surface area contributed by atoms with Crippen LogP contribution in [0.4, 0.5) is 5.82 Å². The van der Waals surface area contributed by atoms with E-state index in [4.69, 9.17) is 10.6 Å². The average Bonchev–Trinajstić information content (AvgIpc) is 3.06. The number of nitrogen functional groups attached to an aromatic ring is 1. The molecule has 0 saturated heterocycles. The molecule has 2 heterocycles. The Morgan fingerprint density at radius 2 is 1.83 bits per heavy atom. The van der Waals surface area contributed by atoms with Gasteiger partial charge in [-0.1, -0.05) is 53.7 Å². The third-order valence-electron chi connectivity index (χ3n) is 5.02. The number of hydrogen-bond acceptors (Lipinski definition) is 5. The Hall–Kier alpha value is -3.41. The van der Waals surface area contributed by atoms with Gasteiger partial charge >= 0.3 is 0 Å². The fraction of sp³-hybridized carbons (Fsp3) is 0.261. The van der Waals surface area contributed by atoms with Crippen LogP contribution in [-0.4, -0.2) is 20.2 Å². The maximum absolute atomic E-state index is 6.16. The van der Waals surface area contributed by atoms with Crippen LogP contribution in [0.2, 0.25) is 0 Å². The molecule has 0 atom stereocenters. The van der Waals surface area contributed by atoms with E-state index >= 15 is 0 Å². The summed E-state index contributed by atoms with van der Waals surface area (Å²) >= 11 is 0. The molecule has 4 aromatic rings. The Balaban J connectivity index is 1.46. The lowest BCUT2D eigenvalue weighted by molar-refractivity contribution is 0.129. The molecule has 148 valence electrons. The fourth-order valence-corrected chi connectivity index (χ4v) is 3.57. The van der Waals surface area contributed by atoms with E-state index in [1.807, 2.05) is 62.4 Å². The summed E-state index contributed by atoms with van der Waals surface area (Å²) in [6.07, 6.45) is 1.79. The molecule has 0 spiro atoms. The Kier molecular flexibility index (Phi) is 5.42. The summed E-state index contributed by atoms with van der Waals surface area (Å²) in [5.74, 6) is 1.42. The SMILES string of the molecule is CC(CCCn1c(C)nc2c(N)nc3ccccc3c21)=NOCc1ccccc1. The molecule has 2 N–H and O–H groups in total. The van der Waals surface area contributed by atoms with Gasteiger partial charge in [0.25, 0.3) is 0 Å². The van der Waals surface area contributed by atoms with Crippen molar-refractivity contribution >= 4 is 33.5 Å². The number of pyridine rings is 1. The predicted molar refractivity (Wildman–Crippen MR) is 118 cm³/mol. The van der Waals surface area contributed by atoms with Gasteiger partial charge in [-0.3, -0.25) is 0 Å². The first-order chi connectivity index (χ1) is 14.1. The molecule has 0 aliphatic rings. The van der Waals surface area contributed by atoms with Crippen LogP contribution in [-0.2, 0) is 18.0 Å². The van der Waals surface area contributed by atoms with E-state index in [1.54, 1.807) is 0 Å². The molecule has 2 aromatic heterocycles. The third kappa shape index (κ3) is 4.06. The number of hydrogen-bond donors (Lipinski definition) is 1. The molecule has 2 aromatic carbocycles. The van der Waals surface area contributed by atoms with Crippen molar-refractivity contribution in [3.05, 3.63) is 66.0 Å². The normalized spacial score (nSPS) is 12.0. The quantitative estimate of drug-likeness (QED) is 0.363. The molecule has 0 saturated carbocycles. The number of anilines is 1. The highest BCUT2D eigenvalue weighted by molar-refractivity contribution is 6.06. The second kappa shape index (κ2) is 8.31. The van der Waals surface area contributed by atoms with Crippen molar-refractivity contribution in [2.75, 3.05) is 5.73 Å². The Morgan fingerprint density at radius 1 is 1.07 bits per heavy atom. The van der Waals surface area contributed by atoms with Gasteiger partial charge in [0.15, 0.2) is 5.82 Å². The number of rotatable bonds is 7. The van der Waals surface area contributed by atoms with Crippen molar-refractivity contribution in [3.8, 4) is 0 Å². The van der Waals surface area contributed by atoms with Gasteiger partial charge < -0.3 is 15.1 Å². The number of imidazole rings is 1. The number of nitrogens with zero attached hydrogens (tertiary/aromatic N) is 4. The average molecular weight is 387 g/mol. The van der Waals surface area contributed by atoms with Gasteiger partial charge in [0.2, 0.25) is 0 Å². The highest BCUT2D eigenvalue weighted by Crippen LogP contribution is 2.28. The lowest BCUT2D eigenvalue weighted by atomic mass is 10.1. The minimum atomic E-state index is 0.479. The van der Waals surface area contributed by atoms with Gasteiger partial charge in [0.1, 0.15) is 17.9 Å². The standard InChI is InChI=1S/C23H25N5O/c1-16(27-29-15-18-10-4-3-5-11-18)9-8-14-28-17(2)25-21-22(28)19-12-6-7-13-20(19)26-23(21)24/h3-7,10-13H,8-9,14-15H2,1-2H3,(H2,24,26). The molecule has 29 heavy (non-hydrogen) atoms. The highest BCUT2D eigenvalue weighted by atomic mass is 16.6. The molecular weight excluding hydrogens is 362 g/mol. The number of fused-ring (bicyclic) bond motifs is 3. The summed E-state index contributed by atoms with van der Waals surface area (Å²) < 4.78 is 2.23. The minimum absolute atomic E-state index is 0.479. The van der Waals surface area contributed by atoms with E-state index in [-0.39, 0.29) is 0 Å². The first kappa shape index (κ1) is 18.9. The number of aryl methyl sites for hydroxylation is 2. The van der Waals surface area contributed by atoms with Crippen LogP contribution in [0.1, 0.15) is 31.2 Å². The maximum atomic E-state index is 6.16. The molecule has 0 radical (unpaired) electrons. The van der Waals surface area contributed by atoms with Gasteiger partial charge in [0.05, 0.1) is 16.7 Å². The van der Waals surface area contributed by atoms with Gasteiger partial charge in [-0.05, 0) is 38.3 Å². The van der Waals surface area contributed by atoms with E-state index < -0.39 is 0 Å². The van der Waals surface area contributed by atoms with Crippen molar-refractivity contribution in [1.29, 1.82) is 0 Å².